The Hall–Kier alpha value is -2.61. The quantitative estimate of drug-likeness (QED) is 0.790. The molecular formula is C20H20F3N3O2. The van der Waals surface area contributed by atoms with Crippen molar-refractivity contribution in [3.8, 4) is 0 Å². The second kappa shape index (κ2) is 7.43. The second-order valence-corrected chi connectivity index (χ2v) is 6.96. The first-order valence-electron chi connectivity index (χ1n) is 9.18. The van der Waals surface area contributed by atoms with Crippen molar-refractivity contribution in [1.29, 1.82) is 0 Å². The van der Waals surface area contributed by atoms with E-state index in [4.69, 9.17) is 4.74 Å². The van der Waals surface area contributed by atoms with Crippen LogP contribution in [-0.4, -0.2) is 48.1 Å². The van der Waals surface area contributed by atoms with E-state index in [1.54, 1.807) is 9.80 Å². The van der Waals surface area contributed by atoms with Gasteiger partial charge in [0.2, 0.25) is 0 Å². The Morgan fingerprint density at radius 2 is 1.86 bits per heavy atom. The Morgan fingerprint density at radius 1 is 1.07 bits per heavy atom. The van der Waals surface area contributed by atoms with Gasteiger partial charge in [-0.1, -0.05) is 30.3 Å². The monoisotopic (exact) mass is 391 g/mol. The lowest BCUT2D eigenvalue weighted by atomic mass is 9.99. The molecule has 1 aromatic heterocycles. The van der Waals surface area contributed by atoms with Crippen LogP contribution in [0.1, 0.15) is 16.8 Å². The number of anilines is 1. The number of carbonyl (C=O) groups is 1. The summed E-state index contributed by atoms with van der Waals surface area (Å²) in [6.07, 6.45) is -4.43. The van der Waals surface area contributed by atoms with Crippen molar-refractivity contribution in [2.75, 3.05) is 31.1 Å². The number of aromatic nitrogens is 1. The average molecular weight is 391 g/mol. The molecule has 3 heterocycles. The van der Waals surface area contributed by atoms with E-state index in [0.29, 0.717) is 19.6 Å². The first kappa shape index (κ1) is 18.7. The van der Waals surface area contributed by atoms with Crippen molar-refractivity contribution in [3.63, 3.8) is 0 Å². The molecule has 4 rings (SSSR count). The van der Waals surface area contributed by atoms with E-state index >= 15 is 0 Å². The number of amides is 1. The Balaban J connectivity index is 1.46. The smallest absolute Gasteiger partial charge is 0.365 e. The second-order valence-electron chi connectivity index (χ2n) is 6.96. The summed E-state index contributed by atoms with van der Waals surface area (Å²) >= 11 is 0. The van der Waals surface area contributed by atoms with Gasteiger partial charge < -0.3 is 14.5 Å². The minimum absolute atomic E-state index is 0.133. The normalized spacial score (nSPS) is 20.0. The Kier molecular flexibility index (Phi) is 4.97. The van der Waals surface area contributed by atoms with Crippen molar-refractivity contribution < 1.29 is 22.7 Å². The highest BCUT2D eigenvalue weighted by Gasteiger charge is 2.35. The molecule has 2 aromatic rings. The van der Waals surface area contributed by atoms with Gasteiger partial charge in [-0.15, -0.1) is 0 Å². The van der Waals surface area contributed by atoms with Crippen molar-refractivity contribution in [1.82, 2.24) is 9.88 Å². The maximum atomic E-state index is 12.9. The standard InChI is InChI=1S/C20H20F3N3O2/c21-20(22,23)17-6-3-7-18(24-17)25-10-11-28-16(13-25)19(27)26-9-8-14-4-1-2-5-15(14)12-26/h1-7,16H,8-13H2. The molecule has 28 heavy (non-hydrogen) atoms. The van der Waals surface area contributed by atoms with E-state index in [1.807, 2.05) is 18.2 Å². The van der Waals surface area contributed by atoms with E-state index < -0.39 is 18.0 Å². The third-order valence-electron chi connectivity index (χ3n) is 5.13. The molecule has 1 fully saturated rings. The van der Waals surface area contributed by atoms with Crippen molar-refractivity contribution in [2.24, 2.45) is 0 Å². The molecule has 1 saturated heterocycles. The third-order valence-corrected chi connectivity index (χ3v) is 5.13. The van der Waals surface area contributed by atoms with Crippen LogP contribution in [0, 0.1) is 0 Å². The molecule has 5 nitrogen and oxygen atoms in total. The van der Waals surface area contributed by atoms with Crippen LogP contribution in [-0.2, 0) is 28.7 Å². The van der Waals surface area contributed by atoms with E-state index in [1.165, 1.54) is 17.7 Å². The van der Waals surface area contributed by atoms with Gasteiger partial charge in [-0.2, -0.15) is 13.2 Å². The first-order valence-corrected chi connectivity index (χ1v) is 9.18. The van der Waals surface area contributed by atoms with Gasteiger partial charge in [0.15, 0.2) is 6.10 Å². The highest BCUT2D eigenvalue weighted by molar-refractivity contribution is 5.82. The summed E-state index contributed by atoms with van der Waals surface area (Å²) in [7, 11) is 0. The van der Waals surface area contributed by atoms with E-state index in [2.05, 4.69) is 11.1 Å². The maximum absolute atomic E-state index is 12.9. The number of nitrogens with zero attached hydrogens (tertiary/aromatic N) is 3. The van der Waals surface area contributed by atoms with Crippen LogP contribution in [0.15, 0.2) is 42.5 Å². The van der Waals surface area contributed by atoms with E-state index in [-0.39, 0.29) is 24.9 Å². The number of ether oxygens (including phenoxy) is 1. The maximum Gasteiger partial charge on any atom is 0.433 e. The number of carbonyl (C=O) groups excluding carboxylic acids is 1. The summed E-state index contributed by atoms with van der Waals surface area (Å²) in [5.74, 6) is 0.0751. The van der Waals surface area contributed by atoms with Gasteiger partial charge in [-0.05, 0) is 29.7 Å². The number of alkyl halides is 3. The Labute approximate surface area is 160 Å². The largest absolute Gasteiger partial charge is 0.433 e. The molecule has 1 aromatic carbocycles. The van der Waals surface area contributed by atoms with Gasteiger partial charge in [-0.25, -0.2) is 4.98 Å². The minimum atomic E-state index is -4.50. The fourth-order valence-corrected chi connectivity index (χ4v) is 3.65. The van der Waals surface area contributed by atoms with Gasteiger partial charge in [0.05, 0.1) is 13.2 Å². The highest BCUT2D eigenvalue weighted by Crippen LogP contribution is 2.29. The van der Waals surface area contributed by atoms with Crippen LogP contribution in [0.3, 0.4) is 0 Å². The molecule has 2 aliphatic rings. The molecule has 0 spiro atoms. The zero-order chi connectivity index (χ0) is 19.7. The lowest BCUT2D eigenvalue weighted by Gasteiger charge is -2.37. The Bertz CT molecular complexity index is 872. The van der Waals surface area contributed by atoms with Crippen LogP contribution in [0.25, 0.3) is 0 Å². The van der Waals surface area contributed by atoms with E-state index in [0.717, 1.165) is 18.1 Å². The van der Waals surface area contributed by atoms with Crippen LogP contribution in [0.4, 0.5) is 19.0 Å². The fraction of sp³-hybridized carbons (Fsp3) is 0.400. The number of halogens is 3. The molecule has 0 bridgehead atoms. The van der Waals surface area contributed by atoms with Crippen molar-refractivity contribution >= 4 is 11.7 Å². The lowest BCUT2D eigenvalue weighted by molar-refractivity contribution is -0.145. The zero-order valence-electron chi connectivity index (χ0n) is 15.2. The summed E-state index contributed by atoms with van der Waals surface area (Å²) in [6.45, 7) is 1.97. The molecule has 148 valence electrons. The molecule has 0 aliphatic carbocycles. The molecule has 0 saturated carbocycles. The predicted octanol–water partition coefficient (Wildman–Crippen LogP) is 2.89. The summed E-state index contributed by atoms with van der Waals surface area (Å²) in [4.78, 5) is 20.1. The first-order chi connectivity index (χ1) is 13.4. The van der Waals surface area contributed by atoms with Crippen LogP contribution in [0.2, 0.25) is 0 Å². The number of pyridine rings is 1. The summed E-state index contributed by atoms with van der Waals surface area (Å²) in [5.41, 5.74) is 1.42. The SMILES string of the molecule is O=C(C1CN(c2cccc(C(F)(F)F)n2)CCO1)N1CCc2ccccc2C1. The molecule has 2 aliphatic heterocycles. The van der Waals surface area contributed by atoms with Gasteiger partial charge >= 0.3 is 6.18 Å². The molecule has 8 heteroatoms. The van der Waals surface area contributed by atoms with E-state index in [9.17, 15) is 18.0 Å². The molecule has 1 unspecified atom stereocenters. The fourth-order valence-electron chi connectivity index (χ4n) is 3.65. The minimum Gasteiger partial charge on any atom is -0.365 e. The third kappa shape index (κ3) is 3.82. The van der Waals surface area contributed by atoms with Gasteiger partial charge in [0.1, 0.15) is 11.5 Å². The molecule has 0 radical (unpaired) electrons. The number of morpholine rings is 1. The number of fused-ring (bicyclic) bond motifs is 1. The summed E-state index contributed by atoms with van der Waals surface area (Å²) < 4.78 is 44.5. The van der Waals surface area contributed by atoms with Crippen LogP contribution >= 0.6 is 0 Å². The average Bonchev–Trinajstić information content (AvgIpc) is 2.72. The van der Waals surface area contributed by atoms with Crippen LogP contribution in [0.5, 0.6) is 0 Å². The predicted molar refractivity (Wildman–Crippen MR) is 96.8 cm³/mol. The van der Waals surface area contributed by atoms with Gasteiger partial charge in [0, 0.05) is 19.6 Å². The zero-order valence-corrected chi connectivity index (χ0v) is 15.2. The molecule has 1 atom stereocenters. The number of rotatable bonds is 2. The number of hydrogen-bond acceptors (Lipinski definition) is 4. The van der Waals surface area contributed by atoms with Crippen molar-refractivity contribution in [2.45, 2.75) is 25.2 Å². The topological polar surface area (TPSA) is 45.7 Å². The highest BCUT2D eigenvalue weighted by atomic mass is 19.4. The van der Waals surface area contributed by atoms with Gasteiger partial charge in [-0.3, -0.25) is 4.79 Å². The number of benzene rings is 1. The molecule has 1 amide bonds. The molecular weight excluding hydrogens is 371 g/mol. The van der Waals surface area contributed by atoms with Gasteiger partial charge in [0.25, 0.3) is 5.91 Å². The molecule has 0 N–H and O–H groups in total. The Morgan fingerprint density at radius 3 is 2.64 bits per heavy atom. The number of hydrogen-bond donors (Lipinski definition) is 0. The lowest BCUT2D eigenvalue weighted by Crippen LogP contribution is -2.52. The van der Waals surface area contributed by atoms with Crippen LogP contribution < -0.4 is 4.90 Å². The summed E-state index contributed by atoms with van der Waals surface area (Å²) in [5, 5.41) is 0. The van der Waals surface area contributed by atoms with Crippen molar-refractivity contribution in [3.05, 3.63) is 59.3 Å². The summed E-state index contributed by atoms with van der Waals surface area (Å²) in [6, 6.07) is 11.8.